The molecule has 1 atom stereocenters. The molecule has 84 valence electrons. The summed E-state index contributed by atoms with van der Waals surface area (Å²) >= 11 is 0. The smallest absolute Gasteiger partial charge is 0.241 e. The third kappa shape index (κ3) is 3.74. The number of benzene rings is 1. The van der Waals surface area contributed by atoms with Crippen molar-refractivity contribution in [2.24, 2.45) is 5.92 Å². The summed E-state index contributed by atoms with van der Waals surface area (Å²) in [6.07, 6.45) is 2.53. The Kier molecular flexibility index (Phi) is 5.07. The molecule has 0 aliphatic heterocycles. The van der Waals surface area contributed by atoms with Crippen LogP contribution < -0.4 is 5.32 Å². The van der Waals surface area contributed by atoms with Crippen LogP contribution in [0.3, 0.4) is 0 Å². The van der Waals surface area contributed by atoms with Gasteiger partial charge in [0.05, 0.1) is 6.07 Å². The Morgan fingerprint density at radius 3 is 2.69 bits per heavy atom. The summed E-state index contributed by atoms with van der Waals surface area (Å²) in [6.45, 7) is 2.05. The Balaban J connectivity index is 2.54. The van der Waals surface area contributed by atoms with E-state index in [1.54, 1.807) is 0 Å². The van der Waals surface area contributed by atoms with E-state index < -0.39 is 5.92 Å². The van der Waals surface area contributed by atoms with Crippen molar-refractivity contribution in [3.63, 3.8) is 0 Å². The van der Waals surface area contributed by atoms with Crippen molar-refractivity contribution in [3.05, 3.63) is 30.3 Å². The lowest BCUT2D eigenvalue weighted by Crippen LogP contribution is -2.21. The number of para-hydroxylation sites is 1. The van der Waals surface area contributed by atoms with Crippen LogP contribution in [0, 0.1) is 17.2 Å². The van der Waals surface area contributed by atoms with Gasteiger partial charge < -0.3 is 5.32 Å². The van der Waals surface area contributed by atoms with E-state index in [1.165, 1.54) is 0 Å². The van der Waals surface area contributed by atoms with Crippen molar-refractivity contribution in [2.45, 2.75) is 26.2 Å². The van der Waals surface area contributed by atoms with E-state index in [1.807, 2.05) is 43.3 Å². The number of carbonyl (C=O) groups excluding carboxylic acids is 1. The zero-order chi connectivity index (χ0) is 11.8. The Morgan fingerprint density at radius 1 is 1.44 bits per heavy atom. The predicted octanol–water partition coefficient (Wildman–Crippen LogP) is 2.96. The lowest BCUT2D eigenvalue weighted by molar-refractivity contribution is -0.118. The first-order valence-electron chi connectivity index (χ1n) is 5.53. The van der Waals surface area contributed by atoms with E-state index in [0.29, 0.717) is 6.42 Å². The quantitative estimate of drug-likeness (QED) is 0.822. The highest BCUT2D eigenvalue weighted by Gasteiger charge is 2.16. The molecule has 0 aromatic heterocycles. The van der Waals surface area contributed by atoms with Gasteiger partial charge in [0, 0.05) is 5.69 Å². The highest BCUT2D eigenvalue weighted by atomic mass is 16.1. The lowest BCUT2D eigenvalue weighted by atomic mass is 10.0. The van der Waals surface area contributed by atoms with Gasteiger partial charge in [0.15, 0.2) is 0 Å². The second-order valence-corrected chi connectivity index (χ2v) is 3.68. The van der Waals surface area contributed by atoms with Crippen LogP contribution in [0.15, 0.2) is 30.3 Å². The minimum Gasteiger partial charge on any atom is -0.325 e. The molecule has 1 N–H and O–H groups in total. The van der Waals surface area contributed by atoms with Crippen LogP contribution >= 0.6 is 0 Å². The fourth-order valence-corrected chi connectivity index (χ4v) is 1.41. The van der Waals surface area contributed by atoms with E-state index in [2.05, 4.69) is 5.32 Å². The average Bonchev–Trinajstić information content (AvgIpc) is 2.31. The van der Waals surface area contributed by atoms with Crippen molar-refractivity contribution in [1.82, 2.24) is 0 Å². The van der Waals surface area contributed by atoms with Crippen molar-refractivity contribution in [1.29, 1.82) is 5.26 Å². The number of rotatable bonds is 5. The molecular weight excluding hydrogens is 200 g/mol. The molecule has 0 aliphatic rings. The Labute approximate surface area is 96.1 Å². The zero-order valence-corrected chi connectivity index (χ0v) is 9.44. The first-order valence-corrected chi connectivity index (χ1v) is 5.53. The maximum Gasteiger partial charge on any atom is 0.241 e. The Bertz CT molecular complexity index is 367. The number of carbonyl (C=O) groups is 1. The van der Waals surface area contributed by atoms with Crippen LogP contribution in [0.5, 0.6) is 0 Å². The molecular formula is C13H16N2O. The number of nitriles is 1. The number of unbranched alkanes of at least 4 members (excludes halogenated alkanes) is 1. The van der Waals surface area contributed by atoms with Gasteiger partial charge in [0.2, 0.25) is 5.91 Å². The summed E-state index contributed by atoms with van der Waals surface area (Å²) in [4.78, 5) is 11.7. The molecule has 1 aromatic carbocycles. The number of nitrogens with zero attached hydrogens (tertiary/aromatic N) is 1. The minimum absolute atomic E-state index is 0.206. The van der Waals surface area contributed by atoms with Crippen LogP contribution in [0.25, 0.3) is 0 Å². The molecule has 0 heterocycles. The molecule has 0 saturated heterocycles. The summed E-state index contributed by atoms with van der Waals surface area (Å²) in [5.74, 6) is -0.748. The number of amides is 1. The molecule has 0 bridgehead atoms. The molecule has 3 nitrogen and oxygen atoms in total. The molecule has 0 radical (unpaired) electrons. The molecule has 1 unspecified atom stereocenters. The van der Waals surface area contributed by atoms with Gasteiger partial charge in [0.1, 0.15) is 5.92 Å². The molecule has 0 saturated carbocycles. The minimum atomic E-state index is -0.542. The normalized spacial score (nSPS) is 11.5. The summed E-state index contributed by atoms with van der Waals surface area (Å²) < 4.78 is 0. The van der Waals surface area contributed by atoms with E-state index in [4.69, 9.17) is 5.26 Å². The Morgan fingerprint density at radius 2 is 2.12 bits per heavy atom. The van der Waals surface area contributed by atoms with E-state index in [-0.39, 0.29) is 5.91 Å². The fourth-order valence-electron chi connectivity index (χ4n) is 1.41. The summed E-state index contributed by atoms with van der Waals surface area (Å²) in [5.41, 5.74) is 0.740. The largest absolute Gasteiger partial charge is 0.325 e. The van der Waals surface area contributed by atoms with Gasteiger partial charge in [-0.2, -0.15) is 5.26 Å². The SMILES string of the molecule is CCCCC(C#N)C(=O)Nc1ccccc1. The topological polar surface area (TPSA) is 52.9 Å². The van der Waals surface area contributed by atoms with Crippen molar-refractivity contribution in [3.8, 4) is 6.07 Å². The van der Waals surface area contributed by atoms with Gasteiger partial charge in [-0.3, -0.25) is 4.79 Å². The van der Waals surface area contributed by atoms with Gasteiger partial charge in [-0.15, -0.1) is 0 Å². The van der Waals surface area contributed by atoms with Crippen LogP contribution in [0.1, 0.15) is 26.2 Å². The van der Waals surface area contributed by atoms with Gasteiger partial charge in [0.25, 0.3) is 0 Å². The van der Waals surface area contributed by atoms with Gasteiger partial charge in [-0.25, -0.2) is 0 Å². The highest BCUT2D eigenvalue weighted by molar-refractivity contribution is 5.94. The third-order valence-corrected chi connectivity index (χ3v) is 2.36. The van der Waals surface area contributed by atoms with Gasteiger partial charge in [-0.05, 0) is 18.6 Å². The highest BCUT2D eigenvalue weighted by Crippen LogP contribution is 2.12. The molecule has 1 aromatic rings. The van der Waals surface area contributed by atoms with Crippen molar-refractivity contribution in [2.75, 3.05) is 5.32 Å². The lowest BCUT2D eigenvalue weighted by Gasteiger charge is -2.09. The van der Waals surface area contributed by atoms with Gasteiger partial charge >= 0.3 is 0 Å². The average molecular weight is 216 g/mol. The van der Waals surface area contributed by atoms with Crippen molar-refractivity contribution < 1.29 is 4.79 Å². The summed E-state index contributed by atoms with van der Waals surface area (Å²) in [5, 5.41) is 11.6. The number of hydrogen-bond acceptors (Lipinski definition) is 2. The summed E-state index contributed by atoms with van der Waals surface area (Å²) in [6, 6.07) is 11.3. The van der Waals surface area contributed by atoms with Crippen LogP contribution in [-0.2, 0) is 4.79 Å². The predicted molar refractivity (Wildman–Crippen MR) is 63.7 cm³/mol. The fraction of sp³-hybridized carbons (Fsp3) is 0.385. The molecule has 1 amide bonds. The van der Waals surface area contributed by atoms with Crippen LogP contribution in [0.2, 0.25) is 0 Å². The monoisotopic (exact) mass is 216 g/mol. The van der Waals surface area contributed by atoms with E-state index in [9.17, 15) is 4.79 Å². The maximum atomic E-state index is 11.7. The Hall–Kier alpha value is -1.82. The van der Waals surface area contributed by atoms with E-state index in [0.717, 1.165) is 18.5 Å². The molecule has 0 aliphatic carbocycles. The van der Waals surface area contributed by atoms with E-state index >= 15 is 0 Å². The second kappa shape index (κ2) is 6.62. The second-order valence-electron chi connectivity index (χ2n) is 3.68. The van der Waals surface area contributed by atoms with Crippen LogP contribution in [-0.4, -0.2) is 5.91 Å². The van der Waals surface area contributed by atoms with Crippen molar-refractivity contribution >= 4 is 11.6 Å². The summed E-state index contributed by atoms with van der Waals surface area (Å²) in [7, 11) is 0. The van der Waals surface area contributed by atoms with Gasteiger partial charge in [-0.1, -0.05) is 38.0 Å². The molecule has 3 heteroatoms. The number of hydrogen-bond donors (Lipinski definition) is 1. The van der Waals surface area contributed by atoms with Crippen LogP contribution in [0.4, 0.5) is 5.69 Å². The number of anilines is 1. The first kappa shape index (κ1) is 12.3. The number of nitrogens with one attached hydrogen (secondary N) is 1. The molecule has 0 fully saturated rings. The maximum absolute atomic E-state index is 11.7. The zero-order valence-electron chi connectivity index (χ0n) is 9.44. The third-order valence-electron chi connectivity index (χ3n) is 2.36. The standard InChI is InChI=1S/C13H16N2O/c1-2-3-7-11(10-14)13(16)15-12-8-5-4-6-9-12/h4-6,8-9,11H,2-3,7H2,1H3,(H,15,16). The first-order chi connectivity index (χ1) is 7.77. The molecule has 16 heavy (non-hydrogen) atoms. The molecule has 1 rings (SSSR count). The molecule has 0 spiro atoms.